The zero-order chi connectivity index (χ0) is 16.7. The number of benzene rings is 2. The van der Waals surface area contributed by atoms with Gasteiger partial charge in [-0.15, -0.1) is 0 Å². The number of nitrogens with two attached hydrogens (primary N) is 1. The van der Waals surface area contributed by atoms with Crippen LogP contribution >= 0.6 is 0 Å². The minimum absolute atomic E-state index is 0.184. The molecule has 23 heavy (non-hydrogen) atoms. The van der Waals surface area contributed by atoms with Crippen molar-refractivity contribution in [1.82, 2.24) is 5.32 Å². The van der Waals surface area contributed by atoms with E-state index in [0.29, 0.717) is 5.56 Å². The van der Waals surface area contributed by atoms with Gasteiger partial charge in [-0.05, 0) is 29.3 Å². The number of aliphatic hydroxyl groups is 1. The Labute approximate surface area is 134 Å². The lowest BCUT2D eigenvalue weighted by Crippen LogP contribution is -2.29. The summed E-state index contributed by atoms with van der Waals surface area (Å²) in [6.45, 7) is -0.184. The van der Waals surface area contributed by atoms with Gasteiger partial charge in [-0.2, -0.15) is 0 Å². The molecular weight excluding hydrogens is 292 g/mol. The molecule has 1 atom stereocenters. The molecule has 0 radical (unpaired) electrons. The van der Waals surface area contributed by atoms with Crippen molar-refractivity contribution >= 4 is 17.9 Å². The molecule has 1 unspecified atom stereocenters. The Morgan fingerprint density at radius 2 is 1.74 bits per heavy atom. The normalized spacial score (nSPS) is 12.0. The topological polar surface area (TPSA) is 92.4 Å². The minimum Gasteiger partial charge on any atom is -0.394 e. The molecule has 2 aromatic rings. The quantitative estimate of drug-likeness (QED) is 0.708. The van der Waals surface area contributed by atoms with Crippen LogP contribution in [0.1, 0.15) is 27.5 Å². The third-order valence-corrected chi connectivity index (χ3v) is 3.32. The summed E-state index contributed by atoms with van der Waals surface area (Å²) in [5.41, 5.74) is 7.18. The number of rotatable bonds is 6. The maximum atomic E-state index is 12.0. The highest BCUT2D eigenvalue weighted by molar-refractivity contribution is 5.94. The number of carbonyl (C=O) groups is 2. The van der Waals surface area contributed by atoms with E-state index in [9.17, 15) is 14.7 Å². The second-order valence-electron chi connectivity index (χ2n) is 4.97. The lowest BCUT2D eigenvalue weighted by molar-refractivity contribution is -0.117. The zero-order valence-electron chi connectivity index (χ0n) is 12.5. The number of amides is 2. The van der Waals surface area contributed by atoms with Gasteiger partial charge < -0.3 is 16.2 Å². The summed E-state index contributed by atoms with van der Waals surface area (Å²) in [7, 11) is 0. The summed E-state index contributed by atoms with van der Waals surface area (Å²) < 4.78 is 0. The summed E-state index contributed by atoms with van der Waals surface area (Å²) >= 11 is 0. The molecule has 0 heterocycles. The second kappa shape index (κ2) is 7.91. The van der Waals surface area contributed by atoms with Crippen LogP contribution in [0.3, 0.4) is 0 Å². The van der Waals surface area contributed by atoms with Crippen LogP contribution in [0, 0.1) is 0 Å². The fourth-order valence-corrected chi connectivity index (χ4v) is 2.07. The van der Waals surface area contributed by atoms with E-state index in [1.807, 2.05) is 30.3 Å². The van der Waals surface area contributed by atoms with Crippen LogP contribution in [0.2, 0.25) is 0 Å². The first kappa shape index (κ1) is 16.5. The SMILES string of the molecule is NC(=O)c1ccc(/C=C/C(=O)NC(CO)c2ccccc2)cc1. The summed E-state index contributed by atoms with van der Waals surface area (Å²) in [5.74, 6) is -0.807. The van der Waals surface area contributed by atoms with Crippen molar-refractivity contribution < 1.29 is 14.7 Å². The van der Waals surface area contributed by atoms with E-state index < -0.39 is 11.9 Å². The number of primary amides is 1. The number of nitrogens with one attached hydrogen (secondary N) is 1. The monoisotopic (exact) mass is 310 g/mol. The number of hydrogen-bond donors (Lipinski definition) is 3. The Kier molecular flexibility index (Phi) is 5.66. The van der Waals surface area contributed by atoms with Gasteiger partial charge in [0.05, 0.1) is 12.6 Å². The van der Waals surface area contributed by atoms with Crippen molar-refractivity contribution in [3.8, 4) is 0 Å². The molecule has 0 spiro atoms. The zero-order valence-corrected chi connectivity index (χ0v) is 12.5. The maximum Gasteiger partial charge on any atom is 0.248 e. The first-order valence-electron chi connectivity index (χ1n) is 7.14. The smallest absolute Gasteiger partial charge is 0.248 e. The van der Waals surface area contributed by atoms with E-state index in [1.165, 1.54) is 6.08 Å². The van der Waals surface area contributed by atoms with Gasteiger partial charge in [0, 0.05) is 11.6 Å². The molecule has 0 fully saturated rings. The minimum atomic E-state index is -0.494. The maximum absolute atomic E-state index is 12.0. The highest BCUT2D eigenvalue weighted by Gasteiger charge is 2.11. The van der Waals surface area contributed by atoms with Gasteiger partial charge in [-0.3, -0.25) is 9.59 Å². The number of carbonyl (C=O) groups excluding carboxylic acids is 2. The number of hydrogen-bond acceptors (Lipinski definition) is 3. The van der Waals surface area contributed by atoms with Crippen LogP contribution in [0.15, 0.2) is 60.7 Å². The van der Waals surface area contributed by atoms with E-state index in [1.54, 1.807) is 30.3 Å². The Balaban J connectivity index is 1.99. The van der Waals surface area contributed by atoms with E-state index in [4.69, 9.17) is 5.73 Å². The Bertz CT molecular complexity index is 694. The van der Waals surface area contributed by atoms with Crippen LogP contribution in [0.25, 0.3) is 6.08 Å². The molecule has 0 aromatic heterocycles. The molecule has 0 saturated heterocycles. The van der Waals surface area contributed by atoms with E-state index in [2.05, 4.69) is 5.32 Å². The predicted octanol–water partition coefficient (Wildman–Crippen LogP) is 1.65. The van der Waals surface area contributed by atoms with Crippen LogP contribution in [-0.2, 0) is 4.79 Å². The second-order valence-corrected chi connectivity index (χ2v) is 4.97. The lowest BCUT2D eigenvalue weighted by atomic mass is 10.1. The van der Waals surface area contributed by atoms with Crippen molar-refractivity contribution in [2.24, 2.45) is 5.73 Å². The van der Waals surface area contributed by atoms with Crippen LogP contribution in [0.5, 0.6) is 0 Å². The molecule has 0 bridgehead atoms. The van der Waals surface area contributed by atoms with Crippen molar-refractivity contribution in [3.05, 3.63) is 77.4 Å². The molecular formula is C18H18N2O3. The lowest BCUT2D eigenvalue weighted by Gasteiger charge is -2.15. The Morgan fingerprint density at radius 3 is 2.30 bits per heavy atom. The Hall–Kier alpha value is -2.92. The Morgan fingerprint density at radius 1 is 1.09 bits per heavy atom. The third-order valence-electron chi connectivity index (χ3n) is 3.32. The molecule has 0 aliphatic heterocycles. The van der Waals surface area contributed by atoms with E-state index >= 15 is 0 Å². The molecule has 2 rings (SSSR count). The molecule has 2 amide bonds. The van der Waals surface area contributed by atoms with Crippen molar-refractivity contribution in [1.29, 1.82) is 0 Å². The predicted molar refractivity (Wildman–Crippen MR) is 88.4 cm³/mol. The van der Waals surface area contributed by atoms with Crippen molar-refractivity contribution in [2.75, 3.05) is 6.61 Å². The van der Waals surface area contributed by atoms with Gasteiger partial charge in [-0.25, -0.2) is 0 Å². The highest BCUT2D eigenvalue weighted by atomic mass is 16.3. The average Bonchev–Trinajstić information content (AvgIpc) is 2.59. The van der Waals surface area contributed by atoms with Crippen LogP contribution in [0.4, 0.5) is 0 Å². The molecule has 5 nitrogen and oxygen atoms in total. The molecule has 118 valence electrons. The summed E-state index contributed by atoms with van der Waals surface area (Å²) in [4.78, 5) is 22.9. The molecule has 0 saturated carbocycles. The van der Waals surface area contributed by atoms with Gasteiger partial charge in [0.1, 0.15) is 0 Å². The van der Waals surface area contributed by atoms with Gasteiger partial charge in [0.25, 0.3) is 0 Å². The first-order chi connectivity index (χ1) is 11.1. The molecule has 0 aliphatic carbocycles. The van der Waals surface area contributed by atoms with Gasteiger partial charge in [-0.1, -0.05) is 42.5 Å². The van der Waals surface area contributed by atoms with Gasteiger partial charge in [0.2, 0.25) is 11.8 Å². The van der Waals surface area contributed by atoms with Crippen molar-refractivity contribution in [2.45, 2.75) is 6.04 Å². The third kappa shape index (κ3) is 4.79. The summed E-state index contributed by atoms with van der Waals surface area (Å²) in [5, 5.41) is 12.1. The van der Waals surface area contributed by atoms with Crippen LogP contribution < -0.4 is 11.1 Å². The van der Waals surface area contributed by atoms with Gasteiger partial charge in [0.15, 0.2) is 0 Å². The van der Waals surface area contributed by atoms with E-state index in [0.717, 1.165) is 11.1 Å². The number of aliphatic hydroxyl groups excluding tert-OH is 1. The summed E-state index contributed by atoms with van der Waals surface area (Å²) in [6, 6.07) is 15.4. The fraction of sp³-hybridized carbons (Fsp3) is 0.111. The molecule has 4 N–H and O–H groups in total. The fourth-order valence-electron chi connectivity index (χ4n) is 2.07. The van der Waals surface area contributed by atoms with Crippen LogP contribution in [-0.4, -0.2) is 23.5 Å². The standard InChI is InChI=1S/C18H18N2O3/c19-18(23)15-9-6-13(7-10-15)8-11-17(22)20-16(12-21)14-4-2-1-3-5-14/h1-11,16,21H,12H2,(H2,19,23)(H,20,22)/b11-8+. The van der Waals surface area contributed by atoms with Crippen molar-refractivity contribution in [3.63, 3.8) is 0 Å². The molecule has 0 aliphatic rings. The molecule has 2 aromatic carbocycles. The highest BCUT2D eigenvalue weighted by Crippen LogP contribution is 2.11. The first-order valence-corrected chi connectivity index (χ1v) is 7.14. The van der Waals surface area contributed by atoms with E-state index in [-0.39, 0.29) is 12.5 Å². The average molecular weight is 310 g/mol. The molecule has 5 heteroatoms. The largest absolute Gasteiger partial charge is 0.394 e. The van der Waals surface area contributed by atoms with Gasteiger partial charge >= 0.3 is 0 Å². The summed E-state index contributed by atoms with van der Waals surface area (Å²) in [6.07, 6.45) is 3.00.